The normalized spacial score (nSPS) is 30.3. The summed E-state index contributed by atoms with van der Waals surface area (Å²) in [5.74, 6) is 0.268. The summed E-state index contributed by atoms with van der Waals surface area (Å²) in [4.78, 5) is 25.7. The number of carbonyl (C=O) groups is 1. The lowest BCUT2D eigenvalue weighted by Crippen LogP contribution is -2.52. The van der Waals surface area contributed by atoms with E-state index in [0.29, 0.717) is 6.04 Å². The second-order valence-corrected chi connectivity index (χ2v) is 7.00. The van der Waals surface area contributed by atoms with Crippen molar-refractivity contribution < 1.29 is 9.53 Å². The predicted molar refractivity (Wildman–Crippen MR) is 86.1 cm³/mol. The summed E-state index contributed by atoms with van der Waals surface area (Å²) in [5.41, 5.74) is 0.629. The maximum absolute atomic E-state index is 13.1. The molecule has 1 aromatic heterocycles. The maximum atomic E-state index is 13.1. The summed E-state index contributed by atoms with van der Waals surface area (Å²) < 4.78 is 5.49. The summed E-state index contributed by atoms with van der Waals surface area (Å²) in [5, 5.41) is 0. The third-order valence-electron chi connectivity index (χ3n) is 5.69. The van der Waals surface area contributed by atoms with Crippen LogP contribution in [0.4, 0.5) is 5.69 Å². The van der Waals surface area contributed by atoms with Crippen molar-refractivity contribution in [3.8, 4) is 0 Å². The molecule has 6 heteroatoms. The van der Waals surface area contributed by atoms with Gasteiger partial charge in [0.2, 0.25) is 5.91 Å². The summed E-state index contributed by atoms with van der Waals surface area (Å²) in [6, 6.07) is 0.586. The van der Waals surface area contributed by atoms with Crippen molar-refractivity contribution >= 4 is 11.6 Å². The average Bonchev–Trinajstić information content (AvgIpc) is 2.93. The van der Waals surface area contributed by atoms with Crippen molar-refractivity contribution in [2.24, 2.45) is 5.41 Å². The number of ether oxygens (including phenoxy) is 1. The van der Waals surface area contributed by atoms with E-state index in [0.717, 1.165) is 70.6 Å². The van der Waals surface area contributed by atoms with Gasteiger partial charge >= 0.3 is 0 Å². The number of hydrogen-bond donors (Lipinski definition) is 0. The van der Waals surface area contributed by atoms with Crippen LogP contribution in [0, 0.1) is 5.41 Å². The summed E-state index contributed by atoms with van der Waals surface area (Å²) in [6.45, 7) is 4.52. The molecular formula is C17H24N4O2. The second-order valence-electron chi connectivity index (χ2n) is 7.00. The molecular weight excluding hydrogens is 292 g/mol. The highest BCUT2D eigenvalue weighted by atomic mass is 16.5. The molecule has 3 fully saturated rings. The number of hydrogen-bond acceptors (Lipinski definition) is 5. The highest BCUT2D eigenvalue weighted by molar-refractivity contribution is 5.99. The van der Waals surface area contributed by atoms with Crippen molar-refractivity contribution in [1.29, 1.82) is 0 Å². The Kier molecular flexibility index (Phi) is 4.03. The first-order valence-electron chi connectivity index (χ1n) is 8.67. The molecule has 4 heterocycles. The van der Waals surface area contributed by atoms with Crippen molar-refractivity contribution in [2.45, 2.75) is 38.1 Å². The molecule has 1 spiro atoms. The number of piperidine rings is 1. The van der Waals surface area contributed by atoms with Gasteiger partial charge < -0.3 is 9.64 Å². The second kappa shape index (κ2) is 6.17. The van der Waals surface area contributed by atoms with Crippen LogP contribution in [0.3, 0.4) is 0 Å². The Morgan fingerprint density at radius 1 is 1.13 bits per heavy atom. The van der Waals surface area contributed by atoms with E-state index in [2.05, 4.69) is 14.9 Å². The van der Waals surface area contributed by atoms with Gasteiger partial charge in [0.15, 0.2) is 0 Å². The SMILES string of the molecule is O=C1N(c2cncnc2)CCC12CCCN(C1CCOCC1)C2. The molecule has 0 aliphatic carbocycles. The smallest absolute Gasteiger partial charge is 0.234 e. The van der Waals surface area contributed by atoms with Crippen LogP contribution < -0.4 is 4.90 Å². The van der Waals surface area contributed by atoms with Gasteiger partial charge in [-0.25, -0.2) is 9.97 Å². The molecule has 23 heavy (non-hydrogen) atoms. The van der Waals surface area contributed by atoms with Gasteiger partial charge in [-0.2, -0.15) is 0 Å². The van der Waals surface area contributed by atoms with E-state index >= 15 is 0 Å². The van der Waals surface area contributed by atoms with Crippen molar-refractivity contribution in [1.82, 2.24) is 14.9 Å². The Hall–Kier alpha value is -1.53. The third kappa shape index (κ3) is 2.74. The van der Waals surface area contributed by atoms with Crippen molar-refractivity contribution in [3.63, 3.8) is 0 Å². The number of nitrogens with zero attached hydrogens (tertiary/aromatic N) is 4. The molecule has 3 aliphatic rings. The van der Waals surface area contributed by atoms with Crippen LogP contribution in [0.2, 0.25) is 0 Å². The molecule has 1 amide bonds. The zero-order valence-corrected chi connectivity index (χ0v) is 13.5. The Balaban J connectivity index is 1.50. The first-order chi connectivity index (χ1) is 11.3. The first kappa shape index (κ1) is 15.0. The van der Waals surface area contributed by atoms with Crippen LogP contribution in [0.25, 0.3) is 0 Å². The fourth-order valence-corrected chi connectivity index (χ4v) is 4.41. The van der Waals surface area contributed by atoms with Gasteiger partial charge in [0.05, 0.1) is 23.5 Å². The van der Waals surface area contributed by atoms with E-state index in [-0.39, 0.29) is 11.3 Å². The Bertz CT molecular complexity index is 561. The van der Waals surface area contributed by atoms with E-state index in [1.54, 1.807) is 12.4 Å². The predicted octanol–water partition coefficient (Wildman–Crippen LogP) is 1.47. The number of anilines is 1. The summed E-state index contributed by atoms with van der Waals surface area (Å²) in [6.07, 6.45) is 10.2. The lowest BCUT2D eigenvalue weighted by molar-refractivity contribution is -0.129. The molecule has 3 aliphatic heterocycles. The Labute approximate surface area is 136 Å². The lowest BCUT2D eigenvalue weighted by Gasteiger charge is -2.43. The first-order valence-corrected chi connectivity index (χ1v) is 8.67. The quantitative estimate of drug-likeness (QED) is 0.827. The molecule has 3 saturated heterocycles. The van der Waals surface area contributed by atoms with Crippen LogP contribution in [0.5, 0.6) is 0 Å². The molecule has 0 radical (unpaired) electrons. The van der Waals surface area contributed by atoms with Crippen LogP contribution in [0.1, 0.15) is 32.1 Å². The van der Waals surface area contributed by atoms with Gasteiger partial charge in [-0.3, -0.25) is 9.69 Å². The molecule has 0 bridgehead atoms. The Morgan fingerprint density at radius 3 is 2.70 bits per heavy atom. The van der Waals surface area contributed by atoms with Gasteiger partial charge in [0.25, 0.3) is 0 Å². The van der Waals surface area contributed by atoms with E-state index in [1.807, 2.05) is 4.90 Å². The van der Waals surface area contributed by atoms with Gasteiger partial charge in [0.1, 0.15) is 6.33 Å². The lowest BCUT2D eigenvalue weighted by atomic mass is 9.77. The standard InChI is InChI=1S/C17H24N4O2/c22-16-17(5-7-21(16)15-10-18-13-19-11-15)4-1-6-20(12-17)14-2-8-23-9-3-14/h10-11,13-14H,1-9,12H2. The molecule has 1 aromatic rings. The molecule has 124 valence electrons. The molecule has 0 N–H and O–H groups in total. The monoisotopic (exact) mass is 316 g/mol. The Morgan fingerprint density at radius 2 is 1.91 bits per heavy atom. The van der Waals surface area contributed by atoms with Crippen LogP contribution >= 0.6 is 0 Å². The summed E-state index contributed by atoms with van der Waals surface area (Å²) in [7, 11) is 0. The topological polar surface area (TPSA) is 58.6 Å². The van der Waals surface area contributed by atoms with Crippen molar-refractivity contribution in [2.75, 3.05) is 37.7 Å². The van der Waals surface area contributed by atoms with E-state index in [1.165, 1.54) is 6.33 Å². The number of amides is 1. The molecule has 0 saturated carbocycles. The summed E-state index contributed by atoms with van der Waals surface area (Å²) >= 11 is 0. The van der Waals surface area contributed by atoms with Gasteiger partial charge in [0, 0.05) is 32.3 Å². The molecule has 1 atom stereocenters. The van der Waals surface area contributed by atoms with Crippen LogP contribution in [-0.2, 0) is 9.53 Å². The minimum Gasteiger partial charge on any atom is -0.381 e. The third-order valence-corrected chi connectivity index (χ3v) is 5.69. The van der Waals surface area contributed by atoms with E-state index < -0.39 is 0 Å². The fourth-order valence-electron chi connectivity index (χ4n) is 4.41. The number of carbonyl (C=O) groups excluding carboxylic acids is 1. The molecule has 4 rings (SSSR count). The number of rotatable bonds is 2. The maximum Gasteiger partial charge on any atom is 0.234 e. The largest absolute Gasteiger partial charge is 0.381 e. The zero-order chi connectivity index (χ0) is 15.7. The van der Waals surface area contributed by atoms with Crippen molar-refractivity contribution in [3.05, 3.63) is 18.7 Å². The van der Waals surface area contributed by atoms with Gasteiger partial charge in [-0.1, -0.05) is 0 Å². The highest BCUT2D eigenvalue weighted by Crippen LogP contribution is 2.42. The van der Waals surface area contributed by atoms with E-state index in [4.69, 9.17) is 4.74 Å². The average molecular weight is 316 g/mol. The molecule has 6 nitrogen and oxygen atoms in total. The van der Waals surface area contributed by atoms with Crippen LogP contribution in [0.15, 0.2) is 18.7 Å². The van der Waals surface area contributed by atoms with Gasteiger partial charge in [-0.15, -0.1) is 0 Å². The molecule has 0 aromatic carbocycles. The van der Waals surface area contributed by atoms with E-state index in [9.17, 15) is 4.79 Å². The van der Waals surface area contributed by atoms with Gasteiger partial charge in [-0.05, 0) is 38.6 Å². The highest BCUT2D eigenvalue weighted by Gasteiger charge is 2.50. The zero-order valence-electron chi connectivity index (χ0n) is 13.5. The minimum absolute atomic E-state index is 0.202. The fraction of sp³-hybridized carbons (Fsp3) is 0.706. The van der Waals surface area contributed by atoms with Crippen LogP contribution in [-0.4, -0.2) is 59.7 Å². The number of likely N-dealkylation sites (tertiary alicyclic amines) is 1. The minimum atomic E-state index is -0.202. The number of aromatic nitrogens is 2. The molecule has 1 unspecified atom stereocenters.